The van der Waals surface area contributed by atoms with Crippen molar-refractivity contribution in [1.82, 2.24) is 0 Å². The second kappa shape index (κ2) is 9.18. The molecule has 2 aromatic rings. The number of carbonyl (C=O) groups excluding carboxylic acids is 2. The number of anilines is 1. The van der Waals surface area contributed by atoms with Gasteiger partial charge in [-0.25, -0.2) is 13.2 Å². The van der Waals surface area contributed by atoms with Crippen LogP contribution in [-0.4, -0.2) is 39.8 Å². The molecular formula is C19H21NO6S. The van der Waals surface area contributed by atoms with Crippen LogP contribution in [0.15, 0.2) is 48.5 Å². The number of ether oxygens (including phenoxy) is 2. The molecule has 0 heterocycles. The van der Waals surface area contributed by atoms with Gasteiger partial charge in [0, 0.05) is 5.69 Å². The number of hydrogen-bond donors (Lipinski definition) is 1. The van der Waals surface area contributed by atoms with Gasteiger partial charge in [0.25, 0.3) is 0 Å². The largest absolute Gasteiger partial charge is 0.497 e. The highest BCUT2D eigenvalue weighted by molar-refractivity contribution is 7.91. The molecule has 27 heavy (non-hydrogen) atoms. The van der Waals surface area contributed by atoms with Gasteiger partial charge >= 0.3 is 5.97 Å². The molecule has 0 atom stereocenters. The third-order valence-electron chi connectivity index (χ3n) is 3.58. The molecule has 1 N–H and O–H groups in total. The standard InChI is InChI=1S/C19H21NO6S/c1-3-26-19(22)15-6-4-14(5-7-15)12-27(23,24)13-18(21)20-16-8-10-17(25-2)11-9-16/h4-11H,3,12-13H2,1-2H3,(H,20,21). The molecule has 0 aliphatic rings. The van der Waals surface area contributed by atoms with Crippen LogP contribution in [0.1, 0.15) is 22.8 Å². The van der Waals surface area contributed by atoms with Crippen LogP contribution in [0.25, 0.3) is 0 Å². The number of methoxy groups -OCH3 is 1. The normalized spacial score (nSPS) is 10.9. The average molecular weight is 391 g/mol. The zero-order valence-electron chi connectivity index (χ0n) is 15.1. The molecule has 0 fully saturated rings. The molecule has 144 valence electrons. The predicted molar refractivity (Wildman–Crippen MR) is 102 cm³/mol. The van der Waals surface area contributed by atoms with Gasteiger partial charge in [0.05, 0.1) is 25.0 Å². The maximum absolute atomic E-state index is 12.2. The van der Waals surface area contributed by atoms with Crippen LogP contribution in [0.5, 0.6) is 5.75 Å². The molecule has 0 spiro atoms. The van der Waals surface area contributed by atoms with Crippen molar-refractivity contribution in [2.45, 2.75) is 12.7 Å². The van der Waals surface area contributed by atoms with Crippen molar-refractivity contribution < 1.29 is 27.5 Å². The lowest BCUT2D eigenvalue weighted by atomic mass is 10.1. The Morgan fingerprint density at radius 1 is 1.00 bits per heavy atom. The van der Waals surface area contributed by atoms with Gasteiger partial charge in [-0.05, 0) is 48.9 Å². The summed E-state index contributed by atoms with van der Waals surface area (Å²) in [7, 11) is -2.14. The van der Waals surface area contributed by atoms with E-state index >= 15 is 0 Å². The van der Waals surface area contributed by atoms with E-state index in [1.807, 2.05) is 0 Å². The minimum atomic E-state index is -3.66. The first-order valence-electron chi connectivity index (χ1n) is 8.23. The Morgan fingerprint density at radius 2 is 1.63 bits per heavy atom. The van der Waals surface area contributed by atoms with Crippen LogP contribution >= 0.6 is 0 Å². The van der Waals surface area contributed by atoms with Gasteiger partial charge in [-0.3, -0.25) is 4.79 Å². The first kappa shape index (κ1) is 20.4. The Bertz CT molecular complexity index is 889. The third-order valence-corrected chi connectivity index (χ3v) is 5.05. The average Bonchev–Trinajstić information content (AvgIpc) is 2.62. The summed E-state index contributed by atoms with van der Waals surface area (Å²) in [6.07, 6.45) is 0. The van der Waals surface area contributed by atoms with Gasteiger partial charge in [-0.1, -0.05) is 12.1 Å². The summed E-state index contributed by atoms with van der Waals surface area (Å²) in [5.41, 5.74) is 1.31. The fourth-order valence-corrected chi connectivity index (χ4v) is 3.60. The maximum atomic E-state index is 12.2. The zero-order chi connectivity index (χ0) is 19.9. The Balaban J connectivity index is 1.95. The fraction of sp³-hybridized carbons (Fsp3) is 0.263. The Hall–Kier alpha value is -2.87. The van der Waals surface area contributed by atoms with E-state index in [-0.39, 0.29) is 12.4 Å². The Kier molecular flexibility index (Phi) is 6.95. The van der Waals surface area contributed by atoms with E-state index in [1.165, 1.54) is 31.4 Å². The lowest BCUT2D eigenvalue weighted by molar-refractivity contribution is -0.113. The first-order chi connectivity index (χ1) is 12.8. The van der Waals surface area contributed by atoms with E-state index < -0.39 is 27.5 Å². The summed E-state index contributed by atoms with van der Waals surface area (Å²) in [6.45, 7) is 1.97. The number of rotatable bonds is 8. The summed E-state index contributed by atoms with van der Waals surface area (Å²) in [5.74, 6) is -1.40. The molecule has 0 radical (unpaired) electrons. The van der Waals surface area contributed by atoms with E-state index in [0.29, 0.717) is 22.6 Å². The number of sulfone groups is 1. The summed E-state index contributed by atoms with van der Waals surface area (Å²) in [5, 5.41) is 2.54. The molecular weight excluding hydrogens is 370 g/mol. The van der Waals surface area contributed by atoms with Crippen LogP contribution < -0.4 is 10.1 Å². The van der Waals surface area contributed by atoms with Gasteiger partial charge in [0.1, 0.15) is 11.5 Å². The summed E-state index contributed by atoms with van der Waals surface area (Å²) < 4.78 is 34.4. The molecule has 2 aromatic carbocycles. The fourth-order valence-electron chi connectivity index (χ4n) is 2.33. The third kappa shape index (κ3) is 6.41. The molecule has 0 aliphatic heterocycles. The van der Waals surface area contributed by atoms with Crippen molar-refractivity contribution in [3.63, 3.8) is 0 Å². The van der Waals surface area contributed by atoms with E-state index in [9.17, 15) is 18.0 Å². The quantitative estimate of drug-likeness (QED) is 0.694. The van der Waals surface area contributed by atoms with E-state index in [1.54, 1.807) is 31.2 Å². The van der Waals surface area contributed by atoms with E-state index in [4.69, 9.17) is 9.47 Å². The van der Waals surface area contributed by atoms with Crippen LogP contribution in [0, 0.1) is 0 Å². The van der Waals surface area contributed by atoms with Crippen LogP contribution in [0.2, 0.25) is 0 Å². The summed E-state index contributed by atoms with van der Waals surface area (Å²) >= 11 is 0. The van der Waals surface area contributed by atoms with Gasteiger partial charge in [0.15, 0.2) is 9.84 Å². The lowest BCUT2D eigenvalue weighted by Crippen LogP contribution is -2.24. The van der Waals surface area contributed by atoms with Crippen LogP contribution in [0.3, 0.4) is 0 Å². The molecule has 0 saturated carbocycles. The highest BCUT2D eigenvalue weighted by atomic mass is 32.2. The molecule has 0 aliphatic carbocycles. The second-order valence-electron chi connectivity index (χ2n) is 5.73. The number of esters is 1. The molecule has 7 nitrogen and oxygen atoms in total. The molecule has 0 saturated heterocycles. The van der Waals surface area contributed by atoms with Crippen molar-refractivity contribution >= 4 is 27.4 Å². The minimum absolute atomic E-state index is 0.262. The highest BCUT2D eigenvalue weighted by Gasteiger charge is 2.18. The van der Waals surface area contributed by atoms with Gasteiger partial charge in [0.2, 0.25) is 5.91 Å². The van der Waals surface area contributed by atoms with Crippen LogP contribution in [0.4, 0.5) is 5.69 Å². The molecule has 0 unspecified atom stereocenters. The monoisotopic (exact) mass is 391 g/mol. The van der Waals surface area contributed by atoms with E-state index in [0.717, 1.165) is 0 Å². The topological polar surface area (TPSA) is 98.8 Å². The van der Waals surface area contributed by atoms with Crippen molar-refractivity contribution in [2.75, 3.05) is 24.8 Å². The summed E-state index contributed by atoms with van der Waals surface area (Å²) in [6, 6.07) is 12.6. The second-order valence-corrected chi connectivity index (χ2v) is 7.79. The molecule has 0 bridgehead atoms. The SMILES string of the molecule is CCOC(=O)c1ccc(CS(=O)(=O)CC(=O)Nc2ccc(OC)cc2)cc1. The van der Waals surface area contributed by atoms with Gasteiger partial charge in [-0.2, -0.15) is 0 Å². The number of hydrogen-bond acceptors (Lipinski definition) is 6. The van der Waals surface area contributed by atoms with Gasteiger partial charge in [-0.15, -0.1) is 0 Å². The molecule has 8 heteroatoms. The minimum Gasteiger partial charge on any atom is -0.497 e. The zero-order valence-corrected chi connectivity index (χ0v) is 15.9. The van der Waals surface area contributed by atoms with Gasteiger partial charge < -0.3 is 14.8 Å². The Morgan fingerprint density at radius 3 is 2.19 bits per heavy atom. The molecule has 1 amide bonds. The smallest absolute Gasteiger partial charge is 0.338 e. The number of carbonyl (C=O) groups is 2. The highest BCUT2D eigenvalue weighted by Crippen LogP contribution is 2.15. The number of nitrogens with one attached hydrogen (secondary N) is 1. The first-order valence-corrected chi connectivity index (χ1v) is 10.1. The van der Waals surface area contributed by atoms with Crippen molar-refractivity contribution in [2.24, 2.45) is 0 Å². The van der Waals surface area contributed by atoms with E-state index in [2.05, 4.69) is 5.32 Å². The van der Waals surface area contributed by atoms with Crippen molar-refractivity contribution in [3.8, 4) is 5.75 Å². The lowest BCUT2D eigenvalue weighted by Gasteiger charge is -2.08. The van der Waals surface area contributed by atoms with Crippen LogP contribution in [-0.2, 0) is 25.1 Å². The number of amides is 1. The summed E-state index contributed by atoms with van der Waals surface area (Å²) in [4.78, 5) is 23.6. The Labute approximate surface area is 158 Å². The molecule has 0 aromatic heterocycles. The van der Waals surface area contributed by atoms with Crippen molar-refractivity contribution in [1.29, 1.82) is 0 Å². The van der Waals surface area contributed by atoms with Crippen molar-refractivity contribution in [3.05, 3.63) is 59.7 Å². The number of benzene rings is 2. The predicted octanol–water partition coefficient (Wildman–Crippen LogP) is 2.43. The molecule has 2 rings (SSSR count). The maximum Gasteiger partial charge on any atom is 0.338 e.